The summed E-state index contributed by atoms with van der Waals surface area (Å²) < 4.78 is 6.74. The van der Waals surface area contributed by atoms with E-state index in [4.69, 9.17) is 9.44 Å². The lowest BCUT2D eigenvalue weighted by Crippen LogP contribution is -2.55. The van der Waals surface area contributed by atoms with Crippen LogP contribution in [0, 0.1) is 32.1 Å². The molecule has 3 aromatic rings. The van der Waals surface area contributed by atoms with Gasteiger partial charge in [0, 0.05) is 38.3 Å². The number of nitriles is 1. The third kappa shape index (κ3) is 8.13. The van der Waals surface area contributed by atoms with Crippen LogP contribution < -0.4 is 5.32 Å². The first-order valence-corrected chi connectivity index (χ1v) is 13.1. The molecule has 0 spiro atoms. The fraction of sp³-hybridized carbons (Fsp3) is 0.409. The van der Waals surface area contributed by atoms with Crippen LogP contribution in [0.15, 0.2) is 23.7 Å². The number of hydrogen-bond acceptors (Lipinski definition) is 12. The van der Waals surface area contributed by atoms with E-state index in [0.29, 0.717) is 19.6 Å². The molecule has 0 radical (unpaired) electrons. The van der Waals surface area contributed by atoms with Gasteiger partial charge < -0.3 is 14.4 Å². The number of carbonyl (C=O) groups excluding carboxylic acids is 1. The molecule has 0 bridgehead atoms. The van der Waals surface area contributed by atoms with Crippen molar-refractivity contribution in [3.05, 3.63) is 40.0 Å². The maximum absolute atomic E-state index is 10.6. The van der Waals surface area contributed by atoms with Crippen LogP contribution in [0.1, 0.15) is 16.3 Å². The summed E-state index contributed by atoms with van der Waals surface area (Å²) >= 11 is 4.46. The van der Waals surface area contributed by atoms with E-state index >= 15 is 0 Å². The molecule has 1 N–H and O–H groups in total. The van der Waals surface area contributed by atoms with E-state index in [-0.39, 0.29) is 19.5 Å². The van der Waals surface area contributed by atoms with Gasteiger partial charge in [0.15, 0.2) is 5.13 Å². The Bertz CT molecular complexity index is 1150. The standard InChI is InChI=1S/C14H14N4S2.C8H14N4O2S.H2S/c1-8-4-5-12(15-6-8)18-14-17-11(7-19-14)13-9(2)16-10(3)20-13;1-10(15-14-2)12-4-3-11(7-13)8(5-9)6-12;/h4-7H,1-3H3,(H,15,17,18);7-8H,3-4,6H2,1-2H3;1H2/t;8-;/m.1./s1. The number of pyridine rings is 1. The zero-order chi connectivity index (χ0) is 25.4. The smallest absolute Gasteiger partial charge is 0.210 e. The molecule has 36 heavy (non-hydrogen) atoms. The van der Waals surface area contributed by atoms with Crippen molar-refractivity contribution >= 4 is 65.8 Å². The molecule has 0 aliphatic carbocycles. The van der Waals surface area contributed by atoms with E-state index in [0.717, 1.165) is 44.2 Å². The van der Waals surface area contributed by atoms with Crippen molar-refractivity contribution in [2.75, 3.05) is 39.1 Å². The number of anilines is 2. The lowest BCUT2D eigenvalue weighted by atomic mass is 10.2. The van der Waals surface area contributed by atoms with Crippen LogP contribution in [0.5, 0.6) is 0 Å². The molecule has 4 rings (SSSR count). The average molecular weight is 567 g/mol. The van der Waals surface area contributed by atoms with Gasteiger partial charge in [0.05, 0.1) is 46.7 Å². The van der Waals surface area contributed by atoms with E-state index in [9.17, 15) is 4.79 Å². The van der Waals surface area contributed by atoms with Crippen molar-refractivity contribution < 1.29 is 8.98 Å². The number of nitrogens with one attached hydrogen (secondary N) is 1. The quantitative estimate of drug-likeness (QED) is 0.254. The van der Waals surface area contributed by atoms with Gasteiger partial charge in [-0.05, 0) is 32.4 Å². The Labute approximate surface area is 231 Å². The first-order chi connectivity index (χ1) is 16.8. The highest BCUT2D eigenvalue weighted by molar-refractivity contribution is 7.92. The Morgan fingerprint density at radius 1 is 1.31 bits per heavy atom. The lowest BCUT2D eigenvalue weighted by Gasteiger charge is -2.39. The van der Waals surface area contributed by atoms with Crippen molar-refractivity contribution in [2.24, 2.45) is 0 Å². The first kappa shape index (κ1) is 30.0. The van der Waals surface area contributed by atoms with Crippen LogP contribution in [0.25, 0.3) is 10.6 Å². The molecular weight excluding hydrogens is 537 g/mol. The second-order valence-electron chi connectivity index (χ2n) is 7.64. The Kier molecular flexibility index (Phi) is 12.1. The third-order valence-corrected chi connectivity index (χ3v) is 7.50. The number of nitrogens with zero attached hydrogens (tertiary/aromatic N) is 7. The SMILES string of the molecule is COSN(C)N1CCN(C=O)[C@H](C#N)C1.Cc1ccc(Nc2nc(-c3sc(C)nc3C)cs2)nc1.S. The molecule has 1 amide bonds. The highest BCUT2D eigenvalue weighted by Crippen LogP contribution is 2.32. The molecule has 1 saturated heterocycles. The largest absolute Gasteiger partial charge is 0.327 e. The minimum absolute atomic E-state index is 0. The van der Waals surface area contributed by atoms with E-state index < -0.39 is 0 Å². The van der Waals surface area contributed by atoms with Gasteiger partial charge in [0.25, 0.3) is 0 Å². The van der Waals surface area contributed by atoms with Gasteiger partial charge in [-0.3, -0.25) is 4.79 Å². The number of aromatic nitrogens is 3. The molecule has 10 nitrogen and oxygen atoms in total. The number of rotatable bonds is 7. The summed E-state index contributed by atoms with van der Waals surface area (Å²) in [5, 5.41) is 18.1. The third-order valence-electron chi connectivity index (χ3n) is 5.05. The summed E-state index contributed by atoms with van der Waals surface area (Å²) in [7, 11) is 3.45. The molecule has 1 aliphatic rings. The second-order valence-corrected chi connectivity index (χ2v) is 10.7. The fourth-order valence-corrected chi connectivity index (χ4v) is 5.41. The minimum atomic E-state index is -0.379. The van der Waals surface area contributed by atoms with Crippen LogP contribution in [-0.2, 0) is 8.98 Å². The van der Waals surface area contributed by atoms with Gasteiger partial charge in [-0.2, -0.15) is 23.2 Å². The molecule has 1 fully saturated rings. The number of hydrogen-bond donors (Lipinski definition) is 1. The Morgan fingerprint density at radius 3 is 2.67 bits per heavy atom. The molecule has 1 aliphatic heterocycles. The normalized spacial score (nSPS) is 15.5. The molecule has 0 unspecified atom stereocenters. The molecule has 14 heteroatoms. The first-order valence-electron chi connectivity index (χ1n) is 10.7. The molecule has 0 aromatic carbocycles. The maximum atomic E-state index is 10.6. The van der Waals surface area contributed by atoms with E-state index in [1.165, 1.54) is 17.1 Å². The Hall–Kier alpha value is -2.25. The number of thiazole rings is 2. The number of aryl methyl sites for hydroxylation is 3. The Morgan fingerprint density at radius 2 is 2.08 bits per heavy atom. The van der Waals surface area contributed by atoms with Crippen LogP contribution in [0.2, 0.25) is 0 Å². The van der Waals surface area contributed by atoms with Gasteiger partial charge in [-0.25, -0.2) is 20.0 Å². The summed E-state index contributed by atoms with van der Waals surface area (Å²) in [5.41, 5.74) is 3.16. The van der Waals surface area contributed by atoms with Gasteiger partial charge in [0.1, 0.15) is 11.9 Å². The highest BCUT2D eigenvalue weighted by atomic mass is 32.2. The second kappa shape index (κ2) is 14.5. The summed E-state index contributed by atoms with van der Waals surface area (Å²) in [5.74, 6) is 0.814. The van der Waals surface area contributed by atoms with Crippen molar-refractivity contribution in [3.8, 4) is 16.6 Å². The van der Waals surface area contributed by atoms with Gasteiger partial charge in [-0.15, -0.1) is 22.7 Å². The zero-order valence-electron chi connectivity index (χ0n) is 20.8. The lowest BCUT2D eigenvalue weighted by molar-refractivity contribution is -0.123. The molecule has 1 atom stereocenters. The number of hydrazine groups is 1. The maximum Gasteiger partial charge on any atom is 0.210 e. The van der Waals surface area contributed by atoms with Crippen LogP contribution in [0.3, 0.4) is 0 Å². The van der Waals surface area contributed by atoms with E-state index in [1.807, 2.05) is 55.6 Å². The van der Waals surface area contributed by atoms with E-state index in [1.54, 1.807) is 29.8 Å². The number of piperazine rings is 1. The predicted octanol–water partition coefficient (Wildman–Crippen LogP) is 4.15. The summed E-state index contributed by atoms with van der Waals surface area (Å²) in [4.78, 5) is 26.7. The summed E-state index contributed by atoms with van der Waals surface area (Å²) in [6.07, 6.45) is 2.57. The zero-order valence-corrected chi connectivity index (χ0v) is 24.2. The molecule has 3 aromatic heterocycles. The molecular formula is C22H30N8O2S4. The average Bonchev–Trinajstić information content (AvgIpc) is 3.45. The monoisotopic (exact) mass is 566 g/mol. The molecule has 4 heterocycles. The van der Waals surface area contributed by atoms with Crippen molar-refractivity contribution in [1.82, 2.24) is 29.3 Å². The topological polar surface area (TPSA) is 111 Å². The number of amides is 1. The molecule has 194 valence electrons. The predicted molar refractivity (Wildman–Crippen MR) is 151 cm³/mol. The Balaban J connectivity index is 0.000000258. The van der Waals surface area contributed by atoms with Gasteiger partial charge in [0.2, 0.25) is 6.41 Å². The van der Waals surface area contributed by atoms with Crippen molar-refractivity contribution in [2.45, 2.75) is 26.8 Å². The van der Waals surface area contributed by atoms with Crippen molar-refractivity contribution in [3.63, 3.8) is 0 Å². The van der Waals surface area contributed by atoms with E-state index in [2.05, 4.69) is 31.7 Å². The van der Waals surface area contributed by atoms with Crippen LogP contribution in [0.4, 0.5) is 10.9 Å². The fourth-order valence-electron chi connectivity index (χ4n) is 3.29. The highest BCUT2D eigenvalue weighted by Gasteiger charge is 2.28. The number of carbonyl (C=O) groups is 1. The van der Waals surface area contributed by atoms with Gasteiger partial charge >= 0.3 is 0 Å². The van der Waals surface area contributed by atoms with Crippen LogP contribution in [-0.4, -0.2) is 75.5 Å². The summed E-state index contributed by atoms with van der Waals surface area (Å²) in [6, 6.07) is 5.71. The summed E-state index contributed by atoms with van der Waals surface area (Å²) in [6.45, 7) is 7.85. The van der Waals surface area contributed by atoms with Crippen molar-refractivity contribution in [1.29, 1.82) is 5.26 Å². The molecule has 0 saturated carbocycles. The van der Waals surface area contributed by atoms with Crippen LogP contribution >= 0.6 is 48.4 Å². The van der Waals surface area contributed by atoms with Gasteiger partial charge in [-0.1, -0.05) is 6.07 Å². The minimum Gasteiger partial charge on any atom is -0.327 e.